The number of allylic oxidation sites excluding steroid dienone is 4. The summed E-state index contributed by atoms with van der Waals surface area (Å²) in [4.78, 5) is 16.0. The maximum atomic E-state index is 12.0. The number of nitrogens with zero attached hydrogens (tertiary/aromatic N) is 1. The van der Waals surface area contributed by atoms with E-state index in [4.69, 9.17) is 4.74 Å². The van der Waals surface area contributed by atoms with Gasteiger partial charge in [-0.1, -0.05) is 36.4 Å². The molecule has 21 heavy (non-hydrogen) atoms. The maximum absolute atomic E-state index is 12.0. The summed E-state index contributed by atoms with van der Waals surface area (Å²) in [5.41, 5.74) is 3.05. The third-order valence-corrected chi connectivity index (χ3v) is 3.69. The number of ether oxygens (including phenoxy) is 1. The molecule has 3 rings (SSSR count). The molecule has 1 heterocycles. The highest BCUT2D eigenvalue weighted by molar-refractivity contribution is 5.90. The highest BCUT2D eigenvalue weighted by Crippen LogP contribution is 2.24. The Morgan fingerprint density at radius 2 is 2.24 bits per heavy atom. The Labute approximate surface area is 124 Å². The van der Waals surface area contributed by atoms with E-state index in [1.165, 1.54) is 0 Å². The first-order chi connectivity index (χ1) is 10.3. The first-order valence-electron chi connectivity index (χ1n) is 7.22. The van der Waals surface area contributed by atoms with Crippen LogP contribution in [0.25, 0.3) is 10.4 Å². The molecular weight excluding hydrogens is 262 g/mol. The van der Waals surface area contributed by atoms with Crippen molar-refractivity contribution in [2.24, 2.45) is 5.92 Å². The van der Waals surface area contributed by atoms with Crippen LogP contribution in [-0.4, -0.2) is 19.1 Å². The second kappa shape index (κ2) is 6.51. The van der Waals surface area contributed by atoms with Crippen LogP contribution < -0.4 is 0 Å². The molecular formula is C18H17NO2+. The lowest BCUT2D eigenvalue weighted by atomic mass is 9.96. The summed E-state index contributed by atoms with van der Waals surface area (Å²) in [7, 11) is 0. The molecule has 3 heteroatoms. The molecule has 1 unspecified atom stereocenters. The van der Waals surface area contributed by atoms with Crippen molar-refractivity contribution in [2.75, 3.05) is 13.2 Å². The molecule has 1 fully saturated rings. The summed E-state index contributed by atoms with van der Waals surface area (Å²) in [5.74, 6) is -0.239. The number of hydrogen-bond donors (Lipinski definition) is 0. The van der Waals surface area contributed by atoms with Gasteiger partial charge in [0.2, 0.25) is 0 Å². The second-order valence-electron chi connectivity index (χ2n) is 5.16. The number of benzene rings is 1. The fourth-order valence-electron chi connectivity index (χ4n) is 2.48. The number of amides is 1. The summed E-state index contributed by atoms with van der Waals surface area (Å²) in [6.07, 6.45) is 10.1. The van der Waals surface area contributed by atoms with E-state index in [0.29, 0.717) is 13.2 Å². The van der Waals surface area contributed by atoms with Gasteiger partial charge in [-0.15, -0.1) is 0 Å². The first kappa shape index (κ1) is 13.8. The lowest BCUT2D eigenvalue weighted by Gasteiger charge is -2.07. The van der Waals surface area contributed by atoms with Crippen molar-refractivity contribution in [1.29, 1.82) is 0 Å². The van der Waals surface area contributed by atoms with E-state index in [1.807, 2.05) is 30.3 Å². The van der Waals surface area contributed by atoms with Crippen LogP contribution in [-0.2, 0) is 9.53 Å². The van der Waals surface area contributed by atoms with E-state index < -0.39 is 0 Å². The molecule has 1 aromatic rings. The number of carbonyl (C=O) groups excluding carboxylic acids is 1. The van der Waals surface area contributed by atoms with Crippen molar-refractivity contribution in [1.82, 2.24) is 0 Å². The van der Waals surface area contributed by atoms with Gasteiger partial charge in [0.05, 0.1) is 6.61 Å². The number of hydrogen-bond acceptors (Lipinski definition) is 2. The van der Waals surface area contributed by atoms with Crippen molar-refractivity contribution >= 4 is 11.5 Å². The third-order valence-electron chi connectivity index (χ3n) is 3.69. The van der Waals surface area contributed by atoms with Gasteiger partial charge >= 0.3 is 12.0 Å². The van der Waals surface area contributed by atoms with Crippen LogP contribution in [0.5, 0.6) is 0 Å². The van der Waals surface area contributed by atoms with Crippen LogP contribution in [0.1, 0.15) is 24.0 Å². The van der Waals surface area contributed by atoms with Gasteiger partial charge in [-0.2, -0.15) is 0 Å². The standard InChI is InChI=1S/C18H17NO2/c20-18(16-10-11-21-13-16)19-12-15-8-4-5-9-17(15)14-6-2-1-3-7-14/h1-2,4-9,16H,3,10-11,13H2/q+1. The molecule has 1 amide bonds. The lowest BCUT2D eigenvalue weighted by Crippen LogP contribution is -2.09. The zero-order valence-corrected chi connectivity index (χ0v) is 11.8. The van der Waals surface area contributed by atoms with Crippen molar-refractivity contribution in [3.63, 3.8) is 0 Å². The van der Waals surface area contributed by atoms with Crippen molar-refractivity contribution < 1.29 is 9.53 Å². The Morgan fingerprint density at radius 3 is 3.00 bits per heavy atom. The van der Waals surface area contributed by atoms with E-state index in [2.05, 4.69) is 29.5 Å². The average Bonchev–Trinajstić information content (AvgIpc) is 3.08. The second-order valence-corrected chi connectivity index (χ2v) is 5.16. The van der Waals surface area contributed by atoms with Gasteiger partial charge < -0.3 is 4.74 Å². The summed E-state index contributed by atoms with van der Waals surface area (Å²) < 4.78 is 5.22. The van der Waals surface area contributed by atoms with Gasteiger partial charge in [0.15, 0.2) is 0 Å². The van der Waals surface area contributed by atoms with Gasteiger partial charge in [0.25, 0.3) is 0 Å². The van der Waals surface area contributed by atoms with Crippen LogP contribution in [0.3, 0.4) is 0 Å². The van der Waals surface area contributed by atoms with Crippen molar-refractivity contribution in [3.05, 3.63) is 64.9 Å². The maximum Gasteiger partial charge on any atom is 0.520 e. The van der Waals surface area contributed by atoms with Crippen LogP contribution in [0, 0.1) is 18.4 Å². The fourth-order valence-corrected chi connectivity index (χ4v) is 2.48. The normalized spacial score (nSPS) is 20.6. The van der Waals surface area contributed by atoms with E-state index in [-0.39, 0.29) is 11.8 Å². The van der Waals surface area contributed by atoms with Crippen LogP contribution in [0.15, 0.2) is 42.5 Å². The van der Waals surface area contributed by atoms with Crippen LogP contribution in [0.4, 0.5) is 0 Å². The Bertz CT molecular complexity index is 655. The zero-order valence-electron chi connectivity index (χ0n) is 11.8. The summed E-state index contributed by atoms with van der Waals surface area (Å²) in [5, 5.41) is 0. The smallest absolute Gasteiger partial charge is 0.380 e. The predicted octanol–water partition coefficient (Wildman–Crippen LogP) is 3.48. The molecule has 1 aromatic carbocycles. The molecule has 0 bridgehead atoms. The molecule has 0 N–H and O–H groups in total. The van der Waals surface area contributed by atoms with Crippen LogP contribution in [0.2, 0.25) is 0 Å². The molecule has 1 radical (unpaired) electrons. The summed E-state index contributed by atoms with van der Waals surface area (Å²) in [6.45, 7) is 1.13. The highest BCUT2D eigenvalue weighted by Gasteiger charge is 2.31. The minimum Gasteiger partial charge on any atom is -0.380 e. The molecule has 0 saturated carbocycles. The fraction of sp³-hybridized carbons (Fsp3) is 0.278. The van der Waals surface area contributed by atoms with Gasteiger partial charge in [-0.05, 0) is 30.9 Å². The molecule has 1 saturated heterocycles. The topological polar surface area (TPSA) is 30.7 Å². The van der Waals surface area contributed by atoms with E-state index in [0.717, 1.165) is 29.5 Å². The molecule has 3 nitrogen and oxygen atoms in total. The molecule has 1 atom stereocenters. The molecule has 1 aliphatic carbocycles. The summed E-state index contributed by atoms with van der Waals surface area (Å²) in [6, 6.07) is 10.8. The monoisotopic (exact) mass is 279 g/mol. The Hall–Kier alpha value is -2.18. The van der Waals surface area contributed by atoms with E-state index >= 15 is 0 Å². The van der Waals surface area contributed by atoms with Crippen molar-refractivity contribution in [2.45, 2.75) is 12.8 Å². The molecule has 0 spiro atoms. The largest absolute Gasteiger partial charge is 0.520 e. The Balaban J connectivity index is 1.84. The van der Waals surface area contributed by atoms with Gasteiger partial charge in [0, 0.05) is 17.0 Å². The minimum atomic E-state index is -0.135. The van der Waals surface area contributed by atoms with Gasteiger partial charge in [-0.3, -0.25) is 0 Å². The SMILES string of the molecule is O=C([N+]#Cc1ccccc1C1=CC[CH]C=C1)C1CCOC1. The third kappa shape index (κ3) is 3.29. The first-order valence-corrected chi connectivity index (χ1v) is 7.22. The van der Waals surface area contributed by atoms with Crippen molar-refractivity contribution in [3.8, 4) is 6.07 Å². The Kier molecular flexibility index (Phi) is 4.28. The zero-order chi connectivity index (χ0) is 14.5. The van der Waals surface area contributed by atoms with Crippen LogP contribution >= 0.6 is 0 Å². The molecule has 0 aromatic heterocycles. The van der Waals surface area contributed by atoms with Gasteiger partial charge in [0.1, 0.15) is 11.5 Å². The number of rotatable bonds is 2. The van der Waals surface area contributed by atoms with E-state index in [9.17, 15) is 4.79 Å². The molecule has 1 aliphatic heterocycles. The quantitative estimate of drug-likeness (QED) is 0.829. The highest BCUT2D eigenvalue weighted by atomic mass is 16.5. The van der Waals surface area contributed by atoms with E-state index in [1.54, 1.807) is 0 Å². The lowest BCUT2D eigenvalue weighted by molar-refractivity contribution is -0.118. The average molecular weight is 279 g/mol. The Morgan fingerprint density at radius 1 is 1.33 bits per heavy atom. The van der Waals surface area contributed by atoms with Gasteiger partial charge in [-0.25, -0.2) is 4.79 Å². The number of carbonyl (C=O) groups is 1. The summed E-state index contributed by atoms with van der Waals surface area (Å²) >= 11 is 0. The molecule has 105 valence electrons. The molecule has 2 aliphatic rings. The predicted molar refractivity (Wildman–Crippen MR) is 82.8 cm³/mol. The minimum absolute atomic E-state index is 0.104.